The lowest BCUT2D eigenvalue weighted by Gasteiger charge is -2.36. The lowest BCUT2D eigenvalue weighted by atomic mass is 9.85. The van der Waals surface area contributed by atoms with Gasteiger partial charge in [-0.2, -0.15) is 0 Å². The minimum atomic E-state index is 0.348. The van der Waals surface area contributed by atoms with E-state index in [-0.39, 0.29) is 0 Å². The average molecular weight is 293 g/mol. The van der Waals surface area contributed by atoms with Crippen molar-refractivity contribution in [2.45, 2.75) is 96.4 Å². The van der Waals surface area contributed by atoms with Crippen molar-refractivity contribution in [2.24, 2.45) is 5.92 Å². The van der Waals surface area contributed by atoms with Gasteiger partial charge >= 0.3 is 0 Å². The molecular formula is C19H35NO. The highest BCUT2D eigenvalue weighted by molar-refractivity contribution is 5.75. The Bertz CT molecular complexity index is 296. The molecule has 0 aromatic rings. The molecule has 122 valence electrons. The Morgan fingerprint density at radius 1 is 0.952 bits per heavy atom. The van der Waals surface area contributed by atoms with E-state index in [1.54, 1.807) is 6.92 Å². The maximum absolute atomic E-state index is 11.1. The Hall–Kier alpha value is -0.370. The van der Waals surface area contributed by atoms with E-state index < -0.39 is 0 Å². The normalized spacial score (nSPS) is 25.1. The summed E-state index contributed by atoms with van der Waals surface area (Å²) >= 11 is 0. The van der Waals surface area contributed by atoms with Gasteiger partial charge in [0.2, 0.25) is 0 Å². The Kier molecular flexibility index (Phi) is 7.77. The number of likely N-dealkylation sites (tertiary alicyclic amines) is 1. The quantitative estimate of drug-likeness (QED) is 0.630. The summed E-state index contributed by atoms with van der Waals surface area (Å²) in [6, 6.07) is 0.814. The predicted octanol–water partition coefficient (Wildman–Crippen LogP) is 4.96. The van der Waals surface area contributed by atoms with Gasteiger partial charge in [0.05, 0.1) is 0 Å². The number of Topliss-reactive ketones (excluding diaryl/α,β-unsaturated/α-hetero) is 1. The Labute approximate surface area is 131 Å². The van der Waals surface area contributed by atoms with Gasteiger partial charge < -0.3 is 9.69 Å². The van der Waals surface area contributed by atoms with Crippen LogP contribution in [0.1, 0.15) is 90.4 Å². The van der Waals surface area contributed by atoms with Gasteiger partial charge in [-0.1, -0.05) is 51.4 Å². The smallest absolute Gasteiger partial charge is 0.129 e. The van der Waals surface area contributed by atoms with Crippen molar-refractivity contribution in [1.29, 1.82) is 0 Å². The van der Waals surface area contributed by atoms with Crippen LogP contribution in [0.15, 0.2) is 0 Å². The number of rotatable bonds is 8. The molecule has 1 atom stereocenters. The summed E-state index contributed by atoms with van der Waals surface area (Å²) in [5, 5.41) is 0. The Balaban J connectivity index is 1.64. The van der Waals surface area contributed by atoms with Gasteiger partial charge in [-0.3, -0.25) is 0 Å². The molecule has 1 aliphatic heterocycles. The van der Waals surface area contributed by atoms with Crippen molar-refractivity contribution in [3.63, 3.8) is 0 Å². The molecule has 0 aromatic carbocycles. The molecule has 1 aliphatic carbocycles. The fourth-order valence-electron chi connectivity index (χ4n) is 4.33. The first-order valence-corrected chi connectivity index (χ1v) is 9.49. The molecule has 0 amide bonds. The molecule has 2 aliphatic rings. The lowest BCUT2D eigenvalue weighted by molar-refractivity contribution is -0.117. The Morgan fingerprint density at radius 2 is 1.71 bits per heavy atom. The zero-order chi connectivity index (χ0) is 14.9. The molecule has 0 spiro atoms. The number of hydrogen-bond donors (Lipinski definition) is 0. The first-order valence-electron chi connectivity index (χ1n) is 9.49. The summed E-state index contributed by atoms with van der Waals surface area (Å²) in [7, 11) is 0. The summed E-state index contributed by atoms with van der Waals surface area (Å²) in [6.07, 6.45) is 17.7. The highest BCUT2D eigenvalue weighted by Crippen LogP contribution is 2.29. The molecule has 1 heterocycles. The third kappa shape index (κ3) is 6.50. The maximum Gasteiger partial charge on any atom is 0.129 e. The highest BCUT2D eigenvalue weighted by atomic mass is 16.1. The monoisotopic (exact) mass is 293 g/mol. The fraction of sp³-hybridized carbons (Fsp3) is 0.947. The summed E-state index contributed by atoms with van der Waals surface area (Å²) < 4.78 is 0. The zero-order valence-electron chi connectivity index (χ0n) is 14.1. The number of hydrogen-bond acceptors (Lipinski definition) is 2. The van der Waals surface area contributed by atoms with E-state index in [1.165, 1.54) is 77.2 Å². The van der Waals surface area contributed by atoms with E-state index in [0.29, 0.717) is 5.78 Å². The van der Waals surface area contributed by atoms with Crippen molar-refractivity contribution in [3.8, 4) is 0 Å². The van der Waals surface area contributed by atoms with Crippen LogP contribution < -0.4 is 0 Å². The van der Waals surface area contributed by atoms with Crippen LogP contribution in [0.4, 0.5) is 0 Å². The summed E-state index contributed by atoms with van der Waals surface area (Å²) in [5.74, 6) is 1.38. The van der Waals surface area contributed by atoms with Crippen molar-refractivity contribution in [2.75, 3.05) is 13.1 Å². The van der Waals surface area contributed by atoms with Crippen molar-refractivity contribution in [1.82, 2.24) is 4.90 Å². The highest BCUT2D eigenvalue weighted by Gasteiger charge is 2.22. The van der Waals surface area contributed by atoms with Gasteiger partial charge in [-0.25, -0.2) is 0 Å². The summed E-state index contributed by atoms with van der Waals surface area (Å²) in [5.41, 5.74) is 0. The third-order valence-electron chi connectivity index (χ3n) is 5.60. The molecule has 2 nitrogen and oxygen atoms in total. The predicted molar refractivity (Wildman–Crippen MR) is 89.6 cm³/mol. The molecule has 1 saturated carbocycles. The van der Waals surface area contributed by atoms with Gasteiger partial charge in [-0.05, 0) is 51.6 Å². The fourth-order valence-corrected chi connectivity index (χ4v) is 4.33. The van der Waals surface area contributed by atoms with Crippen LogP contribution in [-0.4, -0.2) is 29.8 Å². The third-order valence-corrected chi connectivity index (χ3v) is 5.60. The molecule has 0 bridgehead atoms. The summed E-state index contributed by atoms with van der Waals surface area (Å²) in [4.78, 5) is 13.8. The molecule has 2 fully saturated rings. The number of carbonyl (C=O) groups is 1. The first kappa shape index (κ1) is 17.0. The lowest BCUT2D eigenvalue weighted by Crippen LogP contribution is -2.40. The van der Waals surface area contributed by atoms with E-state index in [4.69, 9.17) is 0 Å². The number of nitrogens with zero attached hydrogens (tertiary/aromatic N) is 1. The van der Waals surface area contributed by atoms with Crippen LogP contribution in [0.2, 0.25) is 0 Å². The SMILES string of the molecule is CC(=O)CCCN1CCCCC1CCCC1CCCCC1. The minimum absolute atomic E-state index is 0.348. The molecule has 21 heavy (non-hydrogen) atoms. The van der Waals surface area contributed by atoms with E-state index in [9.17, 15) is 4.79 Å². The van der Waals surface area contributed by atoms with Gasteiger partial charge in [0.1, 0.15) is 5.78 Å². The molecule has 0 N–H and O–H groups in total. The van der Waals surface area contributed by atoms with Gasteiger partial charge in [0.25, 0.3) is 0 Å². The van der Waals surface area contributed by atoms with Gasteiger partial charge in [0, 0.05) is 12.5 Å². The number of carbonyl (C=O) groups excluding carboxylic acids is 1. The van der Waals surface area contributed by atoms with Crippen LogP contribution in [-0.2, 0) is 4.79 Å². The molecule has 1 saturated heterocycles. The van der Waals surface area contributed by atoms with Crippen LogP contribution >= 0.6 is 0 Å². The molecular weight excluding hydrogens is 258 g/mol. The van der Waals surface area contributed by atoms with E-state index >= 15 is 0 Å². The Morgan fingerprint density at radius 3 is 2.48 bits per heavy atom. The van der Waals surface area contributed by atoms with E-state index in [1.807, 2.05) is 0 Å². The number of ketones is 1. The maximum atomic E-state index is 11.1. The van der Waals surface area contributed by atoms with Crippen LogP contribution in [0.3, 0.4) is 0 Å². The van der Waals surface area contributed by atoms with E-state index in [0.717, 1.165) is 31.3 Å². The van der Waals surface area contributed by atoms with Crippen molar-refractivity contribution < 1.29 is 4.79 Å². The second-order valence-electron chi connectivity index (χ2n) is 7.43. The molecule has 0 radical (unpaired) electrons. The van der Waals surface area contributed by atoms with Crippen molar-refractivity contribution >= 4 is 5.78 Å². The number of piperidine rings is 1. The second-order valence-corrected chi connectivity index (χ2v) is 7.43. The average Bonchev–Trinajstić information content (AvgIpc) is 2.49. The van der Waals surface area contributed by atoms with Crippen molar-refractivity contribution in [3.05, 3.63) is 0 Å². The topological polar surface area (TPSA) is 20.3 Å². The first-order chi connectivity index (χ1) is 10.3. The second kappa shape index (κ2) is 9.61. The molecule has 1 unspecified atom stereocenters. The van der Waals surface area contributed by atoms with E-state index in [2.05, 4.69) is 4.90 Å². The van der Waals surface area contributed by atoms with Crippen LogP contribution in [0.25, 0.3) is 0 Å². The standard InChI is InChI=1S/C19H35NO/c1-17(21)9-8-16-20-15-6-5-13-19(20)14-7-12-18-10-3-2-4-11-18/h18-19H,2-16H2,1H3. The van der Waals surface area contributed by atoms with Crippen LogP contribution in [0, 0.1) is 5.92 Å². The zero-order valence-corrected chi connectivity index (χ0v) is 14.1. The summed E-state index contributed by atoms with van der Waals surface area (Å²) in [6.45, 7) is 4.14. The van der Waals surface area contributed by atoms with Crippen LogP contribution in [0.5, 0.6) is 0 Å². The van der Waals surface area contributed by atoms with Gasteiger partial charge in [-0.15, -0.1) is 0 Å². The molecule has 0 aromatic heterocycles. The molecule has 2 heteroatoms. The largest absolute Gasteiger partial charge is 0.300 e. The molecule has 2 rings (SSSR count). The van der Waals surface area contributed by atoms with Gasteiger partial charge in [0.15, 0.2) is 0 Å². The minimum Gasteiger partial charge on any atom is -0.300 e.